The summed E-state index contributed by atoms with van der Waals surface area (Å²) in [6, 6.07) is 8.10. The van der Waals surface area contributed by atoms with Gasteiger partial charge >= 0.3 is 0 Å². The number of nitrogens with two attached hydrogens (primary N) is 1. The summed E-state index contributed by atoms with van der Waals surface area (Å²) >= 11 is 0. The average Bonchev–Trinajstić information content (AvgIpc) is 2.38. The number of nitrogens with zero attached hydrogens (tertiary/aromatic N) is 1. The van der Waals surface area contributed by atoms with E-state index in [1.54, 1.807) is 6.20 Å². The molecular weight excluding hydrogens is 238 g/mol. The number of ether oxygens (including phenoxy) is 1. The number of fused-ring (bicyclic) bond motifs is 1. The molecule has 2 rings (SSSR count). The second-order valence-corrected chi connectivity index (χ2v) is 5.59. The Morgan fingerprint density at radius 3 is 2.79 bits per heavy atom. The summed E-state index contributed by atoms with van der Waals surface area (Å²) in [6.07, 6.45) is 3.65. The standard InChI is InChI=1S/C15H21N3O/c1-15(2,3)19-10-14(18-16)13-6-4-5-11-9-17-8-7-12(11)13/h4-9,14,18H,10,16H2,1-3H3. The minimum atomic E-state index is -0.179. The first-order valence-electron chi connectivity index (χ1n) is 6.44. The molecule has 19 heavy (non-hydrogen) atoms. The van der Waals surface area contributed by atoms with Crippen LogP contribution in [-0.4, -0.2) is 17.2 Å². The molecule has 4 heteroatoms. The Morgan fingerprint density at radius 2 is 2.11 bits per heavy atom. The normalized spacial score (nSPS) is 13.7. The number of pyridine rings is 1. The first-order chi connectivity index (χ1) is 9.01. The van der Waals surface area contributed by atoms with Crippen LogP contribution in [0.25, 0.3) is 10.8 Å². The summed E-state index contributed by atoms with van der Waals surface area (Å²) in [7, 11) is 0. The van der Waals surface area contributed by atoms with Crippen LogP contribution in [0, 0.1) is 0 Å². The van der Waals surface area contributed by atoms with E-state index in [2.05, 4.69) is 16.5 Å². The third kappa shape index (κ3) is 3.50. The van der Waals surface area contributed by atoms with Crippen molar-refractivity contribution < 1.29 is 4.74 Å². The van der Waals surface area contributed by atoms with Crippen LogP contribution in [0.2, 0.25) is 0 Å². The minimum absolute atomic E-state index is 0.0367. The second kappa shape index (κ2) is 5.65. The molecule has 3 N–H and O–H groups in total. The van der Waals surface area contributed by atoms with E-state index in [4.69, 9.17) is 10.6 Å². The van der Waals surface area contributed by atoms with Gasteiger partial charge in [-0.3, -0.25) is 16.3 Å². The lowest BCUT2D eigenvalue weighted by molar-refractivity contribution is -0.0146. The summed E-state index contributed by atoms with van der Waals surface area (Å²) in [5, 5.41) is 2.26. The third-order valence-electron chi connectivity index (χ3n) is 2.97. The van der Waals surface area contributed by atoms with E-state index >= 15 is 0 Å². The van der Waals surface area contributed by atoms with Gasteiger partial charge in [-0.25, -0.2) is 0 Å². The van der Waals surface area contributed by atoms with Crippen molar-refractivity contribution in [2.45, 2.75) is 32.4 Å². The van der Waals surface area contributed by atoms with E-state index < -0.39 is 0 Å². The number of hydrazine groups is 1. The molecule has 0 fully saturated rings. The van der Waals surface area contributed by atoms with Gasteiger partial charge < -0.3 is 4.74 Å². The Hall–Kier alpha value is -1.49. The van der Waals surface area contributed by atoms with Gasteiger partial charge in [0.15, 0.2) is 0 Å². The predicted molar refractivity (Wildman–Crippen MR) is 77.5 cm³/mol. The molecule has 0 amide bonds. The van der Waals surface area contributed by atoms with Gasteiger partial charge in [-0.15, -0.1) is 0 Å². The molecule has 0 radical (unpaired) electrons. The lowest BCUT2D eigenvalue weighted by Gasteiger charge is -2.25. The van der Waals surface area contributed by atoms with Crippen molar-refractivity contribution in [3.63, 3.8) is 0 Å². The van der Waals surface area contributed by atoms with Crippen molar-refractivity contribution in [3.05, 3.63) is 42.2 Å². The Morgan fingerprint density at radius 1 is 1.32 bits per heavy atom. The van der Waals surface area contributed by atoms with Gasteiger partial charge in [0.05, 0.1) is 18.2 Å². The Balaban J connectivity index is 2.30. The van der Waals surface area contributed by atoms with Crippen molar-refractivity contribution in [2.75, 3.05) is 6.61 Å². The molecule has 0 saturated carbocycles. The highest BCUT2D eigenvalue weighted by Gasteiger charge is 2.17. The molecular formula is C15H21N3O. The van der Waals surface area contributed by atoms with E-state index in [9.17, 15) is 0 Å². The molecule has 1 heterocycles. The van der Waals surface area contributed by atoms with E-state index in [1.807, 2.05) is 45.2 Å². The van der Waals surface area contributed by atoms with Crippen molar-refractivity contribution in [2.24, 2.45) is 5.84 Å². The van der Waals surface area contributed by atoms with Gasteiger partial charge in [0.25, 0.3) is 0 Å². The summed E-state index contributed by atoms with van der Waals surface area (Å²) in [6.45, 7) is 6.64. The van der Waals surface area contributed by atoms with Crippen molar-refractivity contribution >= 4 is 10.8 Å². The zero-order valence-electron chi connectivity index (χ0n) is 11.7. The Bertz CT molecular complexity index is 543. The number of hydrogen-bond acceptors (Lipinski definition) is 4. The first kappa shape index (κ1) is 13.9. The van der Waals surface area contributed by atoms with Gasteiger partial charge in [0.2, 0.25) is 0 Å². The topological polar surface area (TPSA) is 60.2 Å². The van der Waals surface area contributed by atoms with Gasteiger partial charge in [-0.1, -0.05) is 18.2 Å². The molecule has 0 saturated heterocycles. The number of benzene rings is 1. The number of rotatable bonds is 4. The molecule has 0 aliphatic heterocycles. The second-order valence-electron chi connectivity index (χ2n) is 5.59. The fourth-order valence-electron chi connectivity index (χ4n) is 2.01. The van der Waals surface area contributed by atoms with Gasteiger partial charge in [0, 0.05) is 17.8 Å². The summed E-state index contributed by atoms with van der Waals surface area (Å²) in [4.78, 5) is 4.14. The molecule has 2 aromatic rings. The van der Waals surface area contributed by atoms with Crippen molar-refractivity contribution in [1.29, 1.82) is 0 Å². The molecule has 0 aliphatic carbocycles. The van der Waals surface area contributed by atoms with E-state index in [1.165, 1.54) is 0 Å². The van der Waals surface area contributed by atoms with E-state index in [-0.39, 0.29) is 11.6 Å². The van der Waals surface area contributed by atoms with Gasteiger partial charge in [-0.05, 0) is 37.8 Å². The summed E-state index contributed by atoms with van der Waals surface area (Å²) in [5.41, 5.74) is 3.79. The fraction of sp³-hybridized carbons (Fsp3) is 0.400. The third-order valence-corrected chi connectivity index (χ3v) is 2.97. The smallest absolute Gasteiger partial charge is 0.0700 e. The Kier molecular flexibility index (Phi) is 4.14. The SMILES string of the molecule is CC(C)(C)OCC(NN)c1cccc2cnccc12. The van der Waals surface area contributed by atoms with E-state index in [0.717, 1.165) is 16.3 Å². The molecule has 0 spiro atoms. The van der Waals surface area contributed by atoms with Crippen LogP contribution in [0.5, 0.6) is 0 Å². The Labute approximate surface area is 113 Å². The lowest BCUT2D eigenvalue weighted by Crippen LogP contribution is -2.34. The molecule has 1 aromatic carbocycles. The summed E-state index contributed by atoms with van der Waals surface area (Å²) < 4.78 is 5.83. The van der Waals surface area contributed by atoms with Crippen molar-refractivity contribution in [1.82, 2.24) is 10.4 Å². The van der Waals surface area contributed by atoms with Crippen LogP contribution in [0.1, 0.15) is 32.4 Å². The maximum absolute atomic E-state index is 5.83. The van der Waals surface area contributed by atoms with Crippen LogP contribution >= 0.6 is 0 Å². The maximum atomic E-state index is 5.83. The maximum Gasteiger partial charge on any atom is 0.0700 e. The fourth-order valence-corrected chi connectivity index (χ4v) is 2.01. The predicted octanol–water partition coefficient (Wildman–Crippen LogP) is 2.55. The molecule has 4 nitrogen and oxygen atoms in total. The minimum Gasteiger partial charge on any atom is -0.374 e. The van der Waals surface area contributed by atoms with Crippen LogP contribution in [0.4, 0.5) is 0 Å². The van der Waals surface area contributed by atoms with Crippen LogP contribution in [-0.2, 0) is 4.74 Å². The number of aromatic nitrogens is 1. The molecule has 1 unspecified atom stereocenters. The highest BCUT2D eigenvalue weighted by Crippen LogP contribution is 2.24. The number of nitrogens with one attached hydrogen (secondary N) is 1. The summed E-state index contributed by atoms with van der Waals surface area (Å²) in [5.74, 6) is 5.68. The lowest BCUT2D eigenvalue weighted by atomic mass is 10.0. The molecule has 0 bridgehead atoms. The molecule has 0 aliphatic rings. The van der Waals surface area contributed by atoms with Crippen LogP contribution in [0.15, 0.2) is 36.7 Å². The average molecular weight is 259 g/mol. The zero-order chi connectivity index (χ0) is 13.9. The van der Waals surface area contributed by atoms with Gasteiger partial charge in [-0.2, -0.15) is 0 Å². The quantitative estimate of drug-likeness (QED) is 0.654. The van der Waals surface area contributed by atoms with Gasteiger partial charge in [0.1, 0.15) is 0 Å². The molecule has 102 valence electrons. The van der Waals surface area contributed by atoms with Crippen LogP contribution in [0.3, 0.4) is 0 Å². The largest absolute Gasteiger partial charge is 0.374 e. The number of hydrogen-bond donors (Lipinski definition) is 2. The van der Waals surface area contributed by atoms with Crippen LogP contribution < -0.4 is 11.3 Å². The molecule has 1 atom stereocenters. The first-order valence-corrected chi connectivity index (χ1v) is 6.44. The molecule has 1 aromatic heterocycles. The highest BCUT2D eigenvalue weighted by molar-refractivity contribution is 5.85. The van der Waals surface area contributed by atoms with Crippen molar-refractivity contribution in [3.8, 4) is 0 Å². The zero-order valence-corrected chi connectivity index (χ0v) is 11.7. The van der Waals surface area contributed by atoms with E-state index in [0.29, 0.717) is 6.61 Å². The monoisotopic (exact) mass is 259 g/mol. The highest BCUT2D eigenvalue weighted by atomic mass is 16.5.